The van der Waals surface area contributed by atoms with Gasteiger partial charge >= 0.3 is 5.97 Å². The van der Waals surface area contributed by atoms with Crippen LogP contribution in [-0.2, 0) is 4.79 Å². The van der Waals surface area contributed by atoms with Gasteiger partial charge in [0.15, 0.2) is 0 Å². The summed E-state index contributed by atoms with van der Waals surface area (Å²) in [4.78, 5) is 12.2. The molecule has 0 amide bonds. The van der Waals surface area contributed by atoms with Gasteiger partial charge in [0.1, 0.15) is 0 Å². The van der Waals surface area contributed by atoms with E-state index in [4.69, 9.17) is 10.2 Å². The van der Waals surface area contributed by atoms with E-state index < -0.39 is 5.97 Å². The van der Waals surface area contributed by atoms with Crippen molar-refractivity contribution in [1.82, 2.24) is 4.90 Å². The highest BCUT2D eigenvalue weighted by atomic mass is 16.4. The van der Waals surface area contributed by atoms with Crippen LogP contribution in [0.2, 0.25) is 0 Å². The molecular weight excluding hydrogens is 158 g/mol. The highest BCUT2D eigenvalue weighted by Crippen LogP contribution is 1.93. The molecule has 4 heteroatoms. The summed E-state index contributed by atoms with van der Waals surface area (Å²) in [5.74, 6) is -0.745. The van der Waals surface area contributed by atoms with E-state index in [1.54, 1.807) is 0 Å². The average molecular weight is 175 g/mol. The molecule has 0 spiro atoms. The molecule has 0 saturated carbocycles. The standard InChI is InChI=1S/C8H17NO3/c1-9(6-3-7-10)5-2-4-8(11)12/h10H,2-7H2,1H3,(H,11,12). The molecule has 12 heavy (non-hydrogen) atoms. The molecule has 0 rings (SSSR count). The molecule has 0 fully saturated rings. The zero-order valence-electron chi connectivity index (χ0n) is 7.49. The number of carboxylic acids is 1. The molecule has 72 valence electrons. The van der Waals surface area contributed by atoms with E-state index in [2.05, 4.69) is 0 Å². The summed E-state index contributed by atoms with van der Waals surface area (Å²) in [6, 6.07) is 0. The Morgan fingerprint density at radius 2 is 1.92 bits per heavy atom. The van der Waals surface area contributed by atoms with E-state index in [0.717, 1.165) is 19.5 Å². The van der Waals surface area contributed by atoms with Gasteiger partial charge in [-0.05, 0) is 26.4 Å². The van der Waals surface area contributed by atoms with Crippen molar-refractivity contribution in [3.05, 3.63) is 0 Å². The number of aliphatic hydroxyl groups excluding tert-OH is 1. The van der Waals surface area contributed by atoms with Crippen LogP contribution < -0.4 is 0 Å². The zero-order valence-corrected chi connectivity index (χ0v) is 7.49. The molecule has 4 nitrogen and oxygen atoms in total. The van der Waals surface area contributed by atoms with Crippen molar-refractivity contribution < 1.29 is 15.0 Å². The molecule has 0 aliphatic rings. The summed E-state index contributed by atoms with van der Waals surface area (Å²) in [5, 5.41) is 16.9. The SMILES string of the molecule is CN(CCCO)CCCC(=O)O. The second kappa shape index (κ2) is 7.06. The Kier molecular flexibility index (Phi) is 6.70. The van der Waals surface area contributed by atoms with Gasteiger partial charge in [0, 0.05) is 19.6 Å². The fourth-order valence-electron chi connectivity index (χ4n) is 0.953. The molecule has 0 aromatic rings. The van der Waals surface area contributed by atoms with Crippen LogP contribution in [0.4, 0.5) is 0 Å². The number of aliphatic hydroxyl groups is 1. The van der Waals surface area contributed by atoms with Crippen LogP contribution in [0.1, 0.15) is 19.3 Å². The van der Waals surface area contributed by atoms with Crippen LogP contribution in [0.3, 0.4) is 0 Å². The minimum Gasteiger partial charge on any atom is -0.481 e. The van der Waals surface area contributed by atoms with Crippen molar-refractivity contribution >= 4 is 5.97 Å². The van der Waals surface area contributed by atoms with Crippen LogP contribution in [0.5, 0.6) is 0 Å². The van der Waals surface area contributed by atoms with Crippen LogP contribution in [-0.4, -0.2) is 47.8 Å². The summed E-state index contributed by atoms with van der Waals surface area (Å²) < 4.78 is 0. The quantitative estimate of drug-likeness (QED) is 0.579. The predicted molar refractivity (Wildman–Crippen MR) is 46.1 cm³/mol. The van der Waals surface area contributed by atoms with Gasteiger partial charge in [-0.25, -0.2) is 0 Å². The van der Waals surface area contributed by atoms with E-state index in [9.17, 15) is 4.79 Å². The van der Waals surface area contributed by atoms with Gasteiger partial charge in [-0.2, -0.15) is 0 Å². The molecule has 0 aliphatic carbocycles. The molecule has 0 unspecified atom stereocenters. The lowest BCUT2D eigenvalue weighted by Crippen LogP contribution is -2.22. The van der Waals surface area contributed by atoms with Gasteiger partial charge < -0.3 is 15.1 Å². The molecule has 2 N–H and O–H groups in total. The van der Waals surface area contributed by atoms with Crippen molar-refractivity contribution in [1.29, 1.82) is 0 Å². The molecule has 0 aliphatic heterocycles. The maximum Gasteiger partial charge on any atom is 0.303 e. The maximum atomic E-state index is 10.1. The van der Waals surface area contributed by atoms with Gasteiger partial charge in [-0.15, -0.1) is 0 Å². The lowest BCUT2D eigenvalue weighted by Gasteiger charge is -2.14. The minimum absolute atomic E-state index is 0.198. The first-order valence-corrected chi connectivity index (χ1v) is 4.18. The summed E-state index contributed by atoms with van der Waals surface area (Å²) in [6.07, 6.45) is 1.66. The van der Waals surface area contributed by atoms with Gasteiger partial charge in [-0.1, -0.05) is 0 Å². The van der Waals surface area contributed by atoms with E-state index >= 15 is 0 Å². The highest BCUT2D eigenvalue weighted by molar-refractivity contribution is 5.66. The minimum atomic E-state index is -0.745. The summed E-state index contributed by atoms with van der Waals surface area (Å²) in [7, 11) is 1.93. The number of hydrogen-bond acceptors (Lipinski definition) is 3. The third kappa shape index (κ3) is 7.50. The smallest absolute Gasteiger partial charge is 0.303 e. The Morgan fingerprint density at radius 3 is 2.42 bits per heavy atom. The molecular formula is C8H17NO3. The molecule has 0 aromatic carbocycles. The first-order chi connectivity index (χ1) is 5.66. The number of carboxylic acid groups (broad SMARTS) is 1. The first-order valence-electron chi connectivity index (χ1n) is 4.18. The normalized spacial score (nSPS) is 10.6. The zero-order chi connectivity index (χ0) is 9.40. The molecule has 0 bridgehead atoms. The van der Waals surface area contributed by atoms with Gasteiger partial charge in [-0.3, -0.25) is 4.79 Å². The van der Waals surface area contributed by atoms with Crippen molar-refractivity contribution in [3.63, 3.8) is 0 Å². The van der Waals surface area contributed by atoms with E-state index in [1.807, 2.05) is 11.9 Å². The van der Waals surface area contributed by atoms with Crippen molar-refractivity contribution in [3.8, 4) is 0 Å². The largest absolute Gasteiger partial charge is 0.481 e. The summed E-state index contributed by atoms with van der Waals surface area (Å²) in [5.41, 5.74) is 0. The Balaban J connectivity index is 3.19. The number of aliphatic carboxylic acids is 1. The Bertz CT molecular complexity index is 127. The number of hydrogen-bond donors (Lipinski definition) is 2. The number of nitrogens with zero attached hydrogens (tertiary/aromatic N) is 1. The second-order valence-electron chi connectivity index (χ2n) is 2.88. The molecule has 0 aromatic heterocycles. The third-order valence-electron chi connectivity index (χ3n) is 1.63. The van der Waals surface area contributed by atoms with E-state index in [0.29, 0.717) is 6.42 Å². The second-order valence-corrected chi connectivity index (χ2v) is 2.88. The average Bonchev–Trinajstić information content (AvgIpc) is 2.00. The van der Waals surface area contributed by atoms with Crippen molar-refractivity contribution in [2.24, 2.45) is 0 Å². The highest BCUT2D eigenvalue weighted by Gasteiger charge is 2.00. The molecule has 0 saturated heterocycles. The predicted octanol–water partition coefficient (Wildman–Crippen LogP) is 0.165. The molecule has 0 heterocycles. The Morgan fingerprint density at radius 1 is 1.33 bits per heavy atom. The summed E-state index contributed by atoms with van der Waals surface area (Å²) >= 11 is 0. The fourth-order valence-corrected chi connectivity index (χ4v) is 0.953. The lowest BCUT2D eigenvalue weighted by molar-refractivity contribution is -0.137. The van der Waals surface area contributed by atoms with Crippen LogP contribution in [0, 0.1) is 0 Å². The van der Waals surface area contributed by atoms with Crippen LogP contribution in [0.25, 0.3) is 0 Å². The monoisotopic (exact) mass is 175 g/mol. The summed E-state index contributed by atoms with van der Waals surface area (Å²) in [6.45, 7) is 1.81. The van der Waals surface area contributed by atoms with Gasteiger partial charge in [0.2, 0.25) is 0 Å². The van der Waals surface area contributed by atoms with Crippen LogP contribution >= 0.6 is 0 Å². The van der Waals surface area contributed by atoms with E-state index in [-0.39, 0.29) is 13.0 Å². The lowest BCUT2D eigenvalue weighted by atomic mass is 10.3. The molecule has 0 atom stereocenters. The van der Waals surface area contributed by atoms with E-state index in [1.165, 1.54) is 0 Å². The van der Waals surface area contributed by atoms with Crippen molar-refractivity contribution in [2.75, 3.05) is 26.7 Å². The van der Waals surface area contributed by atoms with Crippen LogP contribution in [0.15, 0.2) is 0 Å². The molecule has 0 radical (unpaired) electrons. The Hall–Kier alpha value is -0.610. The van der Waals surface area contributed by atoms with Gasteiger partial charge in [0.25, 0.3) is 0 Å². The Labute approximate surface area is 72.8 Å². The van der Waals surface area contributed by atoms with Gasteiger partial charge in [0.05, 0.1) is 0 Å². The maximum absolute atomic E-state index is 10.1. The first kappa shape index (κ1) is 11.4. The topological polar surface area (TPSA) is 60.8 Å². The third-order valence-corrected chi connectivity index (χ3v) is 1.63. The number of carbonyl (C=O) groups is 1. The number of rotatable bonds is 7. The fraction of sp³-hybridized carbons (Fsp3) is 0.875. The van der Waals surface area contributed by atoms with Crippen molar-refractivity contribution in [2.45, 2.75) is 19.3 Å².